The summed E-state index contributed by atoms with van der Waals surface area (Å²) >= 11 is 0. The van der Waals surface area contributed by atoms with Gasteiger partial charge < -0.3 is 15.0 Å². The lowest BCUT2D eigenvalue weighted by Crippen LogP contribution is -2.25. The molecule has 2 heterocycles. The van der Waals surface area contributed by atoms with E-state index in [-0.39, 0.29) is 6.10 Å². The molecule has 2 fully saturated rings. The lowest BCUT2D eigenvalue weighted by atomic mass is 10.1. The van der Waals surface area contributed by atoms with Crippen molar-refractivity contribution < 1.29 is 4.74 Å². The summed E-state index contributed by atoms with van der Waals surface area (Å²) < 4.78 is 5.79. The van der Waals surface area contributed by atoms with Crippen LogP contribution in [0.2, 0.25) is 0 Å². The van der Waals surface area contributed by atoms with Crippen molar-refractivity contribution in [2.75, 3.05) is 25.0 Å². The van der Waals surface area contributed by atoms with Crippen LogP contribution in [0.25, 0.3) is 0 Å². The summed E-state index contributed by atoms with van der Waals surface area (Å²) in [4.78, 5) is 7.06. The Labute approximate surface area is 121 Å². The molecule has 4 nitrogen and oxygen atoms in total. The maximum absolute atomic E-state index is 5.79. The van der Waals surface area contributed by atoms with Gasteiger partial charge in [-0.1, -0.05) is 0 Å². The molecule has 1 aromatic heterocycles. The predicted octanol–water partition coefficient (Wildman–Crippen LogP) is 2.77. The number of nitrogens with zero attached hydrogens (tertiary/aromatic N) is 2. The maximum atomic E-state index is 5.79. The monoisotopic (exact) mass is 275 g/mol. The van der Waals surface area contributed by atoms with Crippen molar-refractivity contribution in [2.45, 2.75) is 45.3 Å². The third kappa shape index (κ3) is 3.42. The number of likely N-dealkylation sites (tertiary alicyclic amines) is 1. The van der Waals surface area contributed by atoms with E-state index in [0.29, 0.717) is 0 Å². The number of anilines is 1. The standard InChI is InChI=1S/C16H25N3O/c1-12(2)20-15-4-3-8-17-16(15)18-10-13-7-9-19(11-13)14-5-6-14/h3-4,8,12-14H,5-7,9-11H2,1-2H3,(H,17,18). The van der Waals surface area contributed by atoms with Crippen LogP contribution in [0, 0.1) is 5.92 Å². The van der Waals surface area contributed by atoms with Gasteiger partial charge in [-0.25, -0.2) is 4.98 Å². The van der Waals surface area contributed by atoms with Gasteiger partial charge in [-0.15, -0.1) is 0 Å². The molecule has 110 valence electrons. The van der Waals surface area contributed by atoms with E-state index >= 15 is 0 Å². The Morgan fingerprint density at radius 3 is 3.00 bits per heavy atom. The van der Waals surface area contributed by atoms with E-state index < -0.39 is 0 Å². The largest absolute Gasteiger partial charge is 0.487 e. The number of hydrogen-bond donors (Lipinski definition) is 1. The Balaban J connectivity index is 1.53. The van der Waals surface area contributed by atoms with Crippen LogP contribution >= 0.6 is 0 Å². The highest BCUT2D eigenvalue weighted by Gasteiger charge is 2.34. The summed E-state index contributed by atoms with van der Waals surface area (Å²) in [5.74, 6) is 2.48. The number of hydrogen-bond acceptors (Lipinski definition) is 4. The highest BCUT2D eigenvalue weighted by Crippen LogP contribution is 2.32. The number of nitrogens with one attached hydrogen (secondary N) is 1. The summed E-state index contributed by atoms with van der Waals surface area (Å²) in [6, 6.07) is 4.81. The zero-order valence-corrected chi connectivity index (χ0v) is 12.5. The van der Waals surface area contributed by atoms with E-state index in [1.165, 1.54) is 32.4 Å². The molecule has 0 radical (unpaired) electrons. The van der Waals surface area contributed by atoms with Crippen LogP contribution in [0.3, 0.4) is 0 Å². The van der Waals surface area contributed by atoms with Crippen LogP contribution in [0.15, 0.2) is 18.3 Å². The fourth-order valence-electron chi connectivity index (χ4n) is 2.91. The average Bonchev–Trinajstić information content (AvgIpc) is 3.17. The van der Waals surface area contributed by atoms with Crippen molar-refractivity contribution in [2.24, 2.45) is 5.92 Å². The average molecular weight is 275 g/mol. The second-order valence-electron chi connectivity index (χ2n) is 6.28. The lowest BCUT2D eigenvalue weighted by Gasteiger charge is -2.17. The quantitative estimate of drug-likeness (QED) is 0.866. The van der Waals surface area contributed by atoms with Crippen LogP contribution in [-0.2, 0) is 0 Å². The van der Waals surface area contributed by atoms with E-state index in [2.05, 4.69) is 15.2 Å². The molecule has 20 heavy (non-hydrogen) atoms. The first-order chi connectivity index (χ1) is 9.72. The highest BCUT2D eigenvalue weighted by molar-refractivity contribution is 5.49. The molecule has 2 aliphatic rings. The summed E-state index contributed by atoms with van der Waals surface area (Å²) in [7, 11) is 0. The van der Waals surface area contributed by atoms with Gasteiger partial charge in [0.15, 0.2) is 11.6 Å². The van der Waals surface area contributed by atoms with Crippen molar-refractivity contribution in [3.8, 4) is 5.75 Å². The van der Waals surface area contributed by atoms with Gasteiger partial charge in [-0.2, -0.15) is 0 Å². The number of ether oxygens (including phenoxy) is 1. The van der Waals surface area contributed by atoms with Crippen LogP contribution < -0.4 is 10.1 Å². The third-order valence-corrected chi connectivity index (χ3v) is 4.07. The molecule has 4 heteroatoms. The van der Waals surface area contributed by atoms with Crippen LogP contribution in [0.4, 0.5) is 5.82 Å². The molecule has 0 aromatic carbocycles. The Morgan fingerprint density at radius 2 is 2.25 bits per heavy atom. The maximum Gasteiger partial charge on any atom is 0.168 e. The Morgan fingerprint density at radius 1 is 1.40 bits per heavy atom. The fourth-order valence-corrected chi connectivity index (χ4v) is 2.91. The van der Waals surface area contributed by atoms with Gasteiger partial charge in [0.05, 0.1) is 6.10 Å². The molecule has 1 unspecified atom stereocenters. The van der Waals surface area contributed by atoms with Crippen LogP contribution in [-0.4, -0.2) is 41.7 Å². The van der Waals surface area contributed by atoms with Gasteiger partial charge >= 0.3 is 0 Å². The first kappa shape index (κ1) is 13.7. The van der Waals surface area contributed by atoms with Crippen LogP contribution in [0.5, 0.6) is 5.75 Å². The predicted molar refractivity (Wildman–Crippen MR) is 81.2 cm³/mol. The van der Waals surface area contributed by atoms with E-state index in [0.717, 1.165) is 30.1 Å². The molecule has 1 atom stereocenters. The van der Waals surface area contributed by atoms with Crippen molar-refractivity contribution in [1.29, 1.82) is 0 Å². The summed E-state index contributed by atoms with van der Waals surface area (Å²) in [5.41, 5.74) is 0. The highest BCUT2D eigenvalue weighted by atomic mass is 16.5. The molecule has 1 N–H and O–H groups in total. The molecule has 0 amide bonds. The molecule has 1 saturated heterocycles. The summed E-state index contributed by atoms with van der Waals surface area (Å²) in [6.07, 6.45) is 6.12. The molecular weight excluding hydrogens is 250 g/mol. The Kier molecular flexibility index (Phi) is 4.10. The second kappa shape index (κ2) is 6.00. The van der Waals surface area contributed by atoms with E-state index in [9.17, 15) is 0 Å². The van der Waals surface area contributed by atoms with Gasteiger partial charge in [0.25, 0.3) is 0 Å². The number of aromatic nitrogens is 1. The van der Waals surface area contributed by atoms with Gasteiger partial charge in [0, 0.05) is 25.3 Å². The molecule has 0 spiro atoms. The zero-order valence-electron chi connectivity index (χ0n) is 12.5. The molecule has 0 bridgehead atoms. The number of pyridine rings is 1. The van der Waals surface area contributed by atoms with Gasteiger partial charge in [0.1, 0.15) is 0 Å². The summed E-state index contributed by atoms with van der Waals surface area (Å²) in [6.45, 7) is 7.59. The molecule has 1 aliphatic carbocycles. The van der Waals surface area contributed by atoms with Gasteiger partial charge in [-0.05, 0) is 57.7 Å². The SMILES string of the molecule is CC(C)Oc1cccnc1NCC1CCN(C2CC2)C1. The molecular formula is C16H25N3O. The van der Waals surface area contributed by atoms with E-state index in [1.807, 2.05) is 32.2 Å². The van der Waals surface area contributed by atoms with Gasteiger partial charge in [0.2, 0.25) is 0 Å². The van der Waals surface area contributed by atoms with Crippen molar-refractivity contribution in [3.05, 3.63) is 18.3 Å². The van der Waals surface area contributed by atoms with E-state index in [4.69, 9.17) is 4.74 Å². The topological polar surface area (TPSA) is 37.4 Å². The minimum atomic E-state index is 0.177. The van der Waals surface area contributed by atoms with Crippen molar-refractivity contribution >= 4 is 5.82 Å². The van der Waals surface area contributed by atoms with Crippen molar-refractivity contribution in [1.82, 2.24) is 9.88 Å². The lowest BCUT2D eigenvalue weighted by molar-refractivity contribution is 0.242. The second-order valence-corrected chi connectivity index (χ2v) is 6.28. The number of rotatable bonds is 6. The first-order valence-electron chi connectivity index (χ1n) is 7.82. The minimum Gasteiger partial charge on any atom is -0.487 e. The first-order valence-corrected chi connectivity index (χ1v) is 7.82. The van der Waals surface area contributed by atoms with Crippen LogP contribution in [0.1, 0.15) is 33.1 Å². The Hall–Kier alpha value is -1.29. The smallest absolute Gasteiger partial charge is 0.168 e. The molecule has 1 aromatic rings. The molecule has 3 rings (SSSR count). The molecule has 1 saturated carbocycles. The van der Waals surface area contributed by atoms with Gasteiger partial charge in [-0.3, -0.25) is 0 Å². The minimum absolute atomic E-state index is 0.177. The molecule has 1 aliphatic heterocycles. The third-order valence-electron chi connectivity index (χ3n) is 4.07. The zero-order chi connectivity index (χ0) is 13.9. The summed E-state index contributed by atoms with van der Waals surface area (Å²) in [5, 5.41) is 3.48. The van der Waals surface area contributed by atoms with Crippen molar-refractivity contribution in [3.63, 3.8) is 0 Å². The van der Waals surface area contributed by atoms with E-state index in [1.54, 1.807) is 0 Å². The fraction of sp³-hybridized carbons (Fsp3) is 0.688. The Bertz CT molecular complexity index is 445. The normalized spacial score (nSPS) is 23.2.